The van der Waals surface area contributed by atoms with Gasteiger partial charge in [-0.25, -0.2) is 9.18 Å². The number of benzene rings is 1. The molecule has 7 nitrogen and oxygen atoms in total. The summed E-state index contributed by atoms with van der Waals surface area (Å²) in [6, 6.07) is 1.61. The molecular formula is C24H27F4N3O4. The highest BCUT2D eigenvalue weighted by Gasteiger charge is 2.39. The van der Waals surface area contributed by atoms with Gasteiger partial charge in [-0.2, -0.15) is 18.3 Å². The number of carbonyl (C=O) groups excluding carboxylic acids is 2. The van der Waals surface area contributed by atoms with Gasteiger partial charge in [0.05, 0.1) is 34.7 Å². The molecular weight excluding hydrogens is 470 g/mol. The summed E-state index contributed by atoms with van der Waals surface area (Å²) in [6.45, 7) is 4.01. The average molecular weight is 497 g/mol. The summed E-state index contributed by atoms with van der Waals surface area (Å²) in [7, 11) is 0. The summed E-state index contributed by atoms with van der Waals surface area (Å²) >= 11 is 0. The van der Waals surface area contributed by atoms with Crippen molar-refractivity contribution in [2.45, 2.75) is 51.7 Å². The Bertz CT molecular complexity index is 1110. The molecule has 1 fully saturated rings. The molecule has 0 bridgehead atoms. The maximum Gasteiger partial charge on any atom is 0.416 e. The zero-order chi connectivity index (χ0) is 25.2. The van der Waals surface area contributed by atoms with E-state index in [9.17, 15) is 27.2 Å². The van der Waals surface area contributed by atoms with Crippen LogP contribution in [0, 0.1) is 11.2 Å². The molecule has 0 aliphatic carbocycles. The third-order valence-electron chi connectivity index (χ3n) is 6.62. The number of amides is 1. The zero-order valence-electron chi connectivity index (χ0n) is 19.3. The number of carbonyl (C=O) groups is 2. The number of ether oxygens (including phenoxy) is 2. The van der Waals surface area contributed by atoms with E-state index in [1.807, 2.05) is 6.92 Å². The Kier molecular flexibility index (Phi) is 7.16. The van der Waals surface area contributed by atoms with Crippen LogP contribution in [-0.4, -0.2) is 48.0 Å². The Labute approximate surface area is 199 Å². The van der Waals surface area contributed by atoms with E-state index in [1.165, 1.54) is 0 Å². The average Bonchev–Trinajstić information content (AvgIpc) is 3.09. The number of rotatable bonds is 6. The number of hydrogen-bond donors (Lipinski definition) is 1. The Morgan fingerprint density at radius 1 is 1.26 bits per heavy atom. The second-order valence-corrected chi connectivity index (χ2v) is 9.03. The standard InChI is InChI=1S/C24H27F4N3O4/c1-2-18-20-19(13-23(14-29-21(20)32)4-8-34-9-5-23)31(30-18)6-3-7-35-22(33)15-10-16(24(26,27)28)12-17(25)11-15/h10-12H,2-9,13-14H2,1H3,(H,29,32). The molecule has 1 amide bonds. The number of nitrogens with one attached hydrogen (secondary N) is 1. The van der Waals surface area contributed by atoms with Crippen LogP contribution in [0.25, 0.3) is 0 Å². The Morgan fingerprint density at radius 2 is 2.00 bits per heavy atom. The lowest BCUT2D eigenvalue weighted by atomic mass is 9.76. The van der Waals surface area contributed by atoms with Gasteiger partial charge in [0, 0.05) is 32.7 Å². The minimum Gasteiger partial charge on any atom is -0.462 e. The number of fused-ring (bicyclic) bond motifs is 1. The molecule has 1 N–H and O–H groups in total. The topological polar surface area (TPSA) is 82.5 Å². The van der Waals surface area contributed by atoms with Gasteiger partial charge in [0.15, 0.2) is 0 Å². The molecule has 1 spiro atoms. The first-order valence-corrected chi connectivity index (χ1v) is 11.6. The van der Waals surface area contributed by atoms with Crippen LogP contribution in [0.3, 0.4) is 0 Å². The first kappa shape index (κ1) is 25.2. The van der Waals surface area contributed by atoms with Crippen molar-refractivity contribution in [1.82, 2.24) is 15.1 Å². The lowest BCUT2D eigenvalue weighted by Gasteiger charge is -2.36. The van der Waals surface area contributed by atoms with Gasteiger partial charge in [0.1, 0.15) is 5.82 Å². The largest absolute Gasteiger partial charge is 0.462 e. The first-order valence-electron chi connectivity index (χ1n) is 11.6. The Hall–Kier alpha value is -2.95. The van der Waals surface area contributed by atoms with Crippen molar-refractivity contribution in [3.63, 3.8) is 0 Å². The summed E-state index contributed by atoms with van der Waals surface area (Å²) in [5.74, 6) is -2.35. The Balaban J connectivity index is 1.44. The van der Waals surface area contributed by atoms with Crippen molar-refractivity contribution in [2.24, 2.45) is 5.41 Å². The van der Waals surface area contributed by atoms with E-state index in [0.717, 1.165) is 18.5 Å². The highest BCUT2D eigenvalue weighted by molar-refractivity contribution is 5.97. The smallest absolute Gasteiger partial charge is 0.416 e. The normalized spacial score (nSPS) is 17.6. The molecule has 2 aliphatic rings. The number of alkyl halides is 3. The number of aromatic nitrogens is 2. The van der Waals surface area contributed by atoms with Crippen LogP contribution in [0.5, 0.6) is 0 Å². The van der Waals surface area contributed by atoms with Crippen LogP contribution in [0.1, 0.15) is 63.9 Å². The van der Waals surface area contributed by atoms with Crippen LogP contribution < -0.4 is 5.32 Å². The zero-order valence-corrected chi connectivity index (χ0v) is 19.3. The first-order chi connectivity index (χ1) is 16.6. The van der Waals surface area contributed by atoms with E-state index in [2.05, 4.69) is 10.4 Å². The number of nitrogens with zero attached hydrogens (tertiary/aromatic N) is 2. The Morgan fingerprint density at radius 3 is 2.69 bits per heavy atom. The molecule has 2 aromatic rings. The molecule has 2 aliphatic heterocycles. The number of esters is 1. The lowest BCUT2D eigenvalue weighted by molar-refractivity contribution is -0.137. The van der Waals surface area contributed by atoms with Crippen LogP contribution in [0.2, 0.25) is 0 Å². The maximum absolute atomic E-state index is 13.6. The van der Waals surface area contributed by atoms with Crippen LogP contribution >= 0.6 is 0 Å². The fraction of sp³-hybridized carbons (Fsp3) is 0.542. The summed E-state index contributed by atoms with van der Waals surface area (Å²) in [6.07, 6.45) is -1.56. The van der Waals surface area contributed by atoms with E-state index >= 15 is 0 Å². The molecule has 3 heterocycles. The molecule has 0 radical (unpaired) electrons. The summed E-state index contributed by atoms with van der Waals surface area (Å²) in [4.78, 5) is 25.1. The second-order valence-electron chi connectivity index (χ2n) is 9.03. The predicted octanol–water partition coefficient (Wildman–Crippen LogP) is 3.93. The van der Waals surface area contributed by atoms with Gasteiger partial charge in [0.2, 0.25) is 0 Å². The molecule has 11 heteroatoms. The summed E-state index contributed by atoms with van der Waals surface area (Å²) in [5.41, 5.74) is 0.255. The van der Waals surface area contributed by atoms with Gasteiger partial charge >= 0.3 is 12.1 Å². The van der Waals surface area contributed by atoms with Crippen molar-refractivity contribution in [2.75, 3.05) is 26.4 Å². The number of halogens is 4. The van der Waals surface area contributed by atoms with Crippen molar-refractivity contribution in [3.8, 4) is 0 Å². The predicted molar refractivity (Wildman–Crippen MR) is 116 cm³/mol. The highest BCUT2D eigenvalue weighted by atomic mass is 19.4. The lowest BCUT2D eigenvalue weighted by Crippen LogP contribution is -2.40. The minimum absolute atomic E-state index is 0.0992. The minimum atomic E-state index is -4.78. The maximum atomic E-state index is 13.6. The third-order valence-corrected chi connectivity index (χ3v) is 6.62. The van der Waals surface area contributed by atoms with Crippen molar-refractivity contribution in [1.29, 1.82) is 0 Å². The fourth-order valence-corrected chi connectivity index (χ4v) is 4.69. The van der Waals surface area contributed by atoms with Gasteiger partial charge < -0.3 is 14.8 Å². The molecule has 0 saturated carbocycles. The van der Waals surface area contributed by atoms with E-state index in [4.69, 9.17) is 9.47 Å². The molecule has 0 atom stereocenters. The van der Waals surface area contributed by atoms with E-state index in [0.29, 0.717) is 75.0 Å². The molecule has 4 rings (SSSR count). The molecule has 0 unspecified atom stereocenters. The highest BCUT2D eigenvalue weighted by Crippen LogP contribution is 2.37. The van der Waals surface area contributed by atoms with Gasteiger partial charge in [-0.1, -0.05) is 6.92 Å². The fourth-order valence-electron chi connectivity index (χ4n) is 4.69. The van der Waals surface area contributed by atoms with Crippen LogP contribution in [0.15, 0.2) is 18.2 Å². The molecule has 35 heavy (non-hydrogen) atoms. The van der Waals surface area contributed by atoms with E-state index < -0.39 is 29.1 Å². The van der Waals surface area contributed by atoms with E-state index in [1.54, 1.807) is 4.68 Å². The summed E-state index contributed by atoms with van der Waals surface area (Å²) < 4.78 is 64.7. The van der Waals surface area contributed by atoms with E-state index in [-0.39, 0.29) is 17.9 Å². The van der Waals surface area contributed by atoms with Crippen molar-refractivity contribution < 1.29 is 36.6 Å². The molecule has 190 valence electrons. The molecule has 1 saturated heterocycles. The number of hydrogen-bond acceptors (Lipinski definition) is 5. The third kappa shape index (κ3) is 5.50. The quantitative estimate of drug-likeness (QED) is 0.372. The second kappa shape index (κ2) is 9.96. The molecule has 1 aromatic carbocycles. The van der Waals surface area contributed by atoms with Gasteiger partial charge in [-0.05, 0) is 49.3 Å². The SMILES string of the molecule is CCc1nn(CCCOC(=O)c2cc(F)cc(C(F)(F)F)c2)c2c1C(=O)NCC1(CCOCC1)C2. The van der Waals surface area contributed by atoms with Gasteiger partial charge in [0.25, 0.3) is 5.91 Å². The number of aryl methyl sites for hydroxylation is 2. The van der Waals surface area contributed by atoms with Gasteiger partial charge in [-0.3, -0.25) is 9.48 Å². The molecule has 1 aromatic heterocycles. The van der Waals surface area contributed by atoms with Crippen molar-refractivity contribution >= 4 is 11.9 Å². The summed E-state index contributed by atoms with van der Waals surface area (Å²) in [5, 5.41) is 7.66. The monoisotopic (exact) mass is 497 g/mol. The van der Waals surface area contributed by atoms with Crippen LogP contribution in [0.4, 0.5) is 17.6 Å². The van der Waals surface area contributed by atoms with Crippen molar-refractivity contribution in [3.05, 3.63) is 52.1 Å². The van der Waals surface area contributed by atoms with Gasteiger partial charge in [-0.15, -0.1) is 0 Å². The van der Waals surface area contributed by atoms with Crippen LogP contribution in [-0.2, 0) is 35.0 Å².